The van der Waals surface area contributed by atoms with Gasteiger partial charge in [0, 0.05) is 26.2 Å². The van der Waals surface area contributed by atoms with Gasteiger partial charge in [0.2, 0.25) is 5.82 Å². The lowest BCUT2D eigenvalue weighted by atomic mass is 10.2. The maximum atomic E-state index is 13.7. The molecule has 1 N–H and O–H groups in total. The van der Waals surface area contributed by atoms with Crippen LogP contribution in [-0.2, 0) is 11.3 Å². The number of nitrogens with zero attached hydrogens (tertiary/aromatic N) is 7. The van der Waals surface area contributed by atoms with Gasteiger partial charge in [0.1, 0.15) is 5.82 Å². The zero-order valence-electron chi connectivity index (χ0n) is 14.5. The van der Waals surface area contributed by atoms with Crippen LogP contribution in [0, 0.1) is 5.82 Å². The number of hydrogen-bond donors (Lipinski definition) is 1. The lowest BCUT2D eigenvalue weighted by Crippen LogP contribution is -2.46. The maximum Gasteiger partial charge on any atom is 0.327 e. The Morgan fingerprint density at radius 3 is 2.75 bits per heavy atom. The summed E-state index contributed by atoms with van der Waals surface area (Å²) in [6.45, 7) is 2.44. The molecule has 28 heavy (non-hydrogen) atoms. The van der Waals surface area contributed by atoms with Gasteiger partial charge >= 0.3 is 5.97 Å². The van der Waals surface area contributed by atoms with Crippen LogP contribution < -0.4 is 9.80 Å². The Morgan fingerprint density at radius 1 is 1.25 bits per heavy atom. The monoisotopic (exact) mass is 423 g/mol. The van der Waals surface area contributed by atoms with Crippen LogP contribution in [0.25, 0.3) is 10.7 Å². The SMILES string of the molecule is O=C(O)Cn1nnc(-c2cnc(N3CCN(c4cccc(F)c4Cl)CC3)s2)n1. The zero-order chi connectivity index (χ0) is 19.7. The molecule has 1 aromatic carbocycles. The molecular weight excluding hydrogens is 409 g/mol. The van der Waals surface area contributed by atoms with E-state index in [-0.39, 0.29) is 11.6 Å². The predicted octanol–water partition coefficient (Wildman–Crippen LogP) is 2.00. The van der Waals surface area contributed by atoms with Gasteiger partial charge in [0.25, 0.3) is 0 Å². The Hall–Kier alpha value is -2.79. The van der Waals surface area contributed by atoms with Crippen LogP contribution in [0.1, 0.15) is 0 Å². The van der Waals surface area contributed by atoms with E-state index in [2.05, 4.69) is 30.2 Å². The summed E-state index contributed by atoms with van der Waals surface area (Å²) in [7, 11) is 0. The van der Waals surface area contributed by atoms with E-state index in [0.717, 1.165) is 9.93 Å². The number of carbonyl (C=O) groups is 1. The van der Waals surface area contributed by atoms with E-state index >= 15 is 0 Å². The number of aliphatic carboxylic acids is 1. The van der Waals surface area contributed by atoms with E-state index in [1.807, 2.05) is 6.07 Å². The number of hydrogen-bond acceptors (Lipinski definition) is 8. The second-order valence-electron chi connectivity index (χ2n) is 6.09. The van der Waals surface area contributed by atoms with Crippen molar-refractivity contribution >= 4 is 39.7 Å². The quantitative estimate of drug-likeness (QED) is 0.665. The molecule has 3 aromatic rings. The highest BCUT2D eigenvalue weighted by molar-refractivity contribution is 7.18. The summed E-state index contributed by atoms with van der Waals surface area (Å²) in [5.74, 6) is -1.12. The fourth-order valence-corrected chi connectivity index (χ4v) is 4.06. The van der Waals surface area contributed by atoms with Crippen molar-refractivity contribution in [2.24, 2.45) is 0 Å². The number of anilines is 2. The first-order valence-corrected chi connectivity index (χ1v) is 9.60. The molecule has 12 heteroatoms. The predicted molar refractivity (Wildman–Crippen MR) is 102 cm³/mol. The fraction of sp³-hybridized carbons (Fsp3) is 0.312. The summed E-state index contributed by atoms with van der Waals surface area (Å²) in [6.07, 6.45) is 1.65. The molecule has 146 valence electrons. The van der Waals surface area contributed by atoms with Crippen LogP contribution >= 0.6 is 22.9 Å². The molecule has 2 aromatic heterocycles. The van der Waals surface area contributed by atoms with Gasteiger partial charge < -0.3 is 14.9 Å². The van der Waals surface area contributed by atoms with Gasteiger partial charge in [-0.25, -0.2) is 9.37 Å². The highest BCUT2D eigenvalue weighted by Crippen LogP contribution is 2.32. The van der Waals surface area contributed by atoms with E-state index in [0.29, 0.717) is 42.6 Å². The van der Waals surface area contributed by atoms with Crippen molar-refractivity contribution in [1.82, 2.24) is 25.2 Å². The summed E-state index contributed by atoms with van der Waals surface area (Å²) in [4.78, 5) is 21.1. The summed E-state index contributed by atoms with van der Waals surface area (Å²) in [5.41, 5.74) is 0.695. The molecule has 0 spiro atoms. The van der Waals surface area contributed by atoms with Crippen molar-refractivity contribution in [3.8, 4) is 10.7 Å². The standard InChI is InChI=1S/C16H15ClFN7O2S/c17-14-10(18)2-1-3-11(14)23-4-6-24(7-5-23)16-19-8-12(28-16)15-20-22-25(21-15)9-13(26)27/h1-3,8H,4-7,9H2,(H,26,27). The van der Waals surface area contributed by atoms with Gasteiger partial charge in [0.15, 0.2) is 11.7 Å². The molecule has 0 atom stereocenters. The number of carboxylic acid groups (broad SMARTS) is 1. The van der Waals surface area contributed by atoms with Crippen molar-refractivity contribution in [2.45, 2.75) is 6.54 Å². The first kappa shape index (κ1) is 18.6. The molecule has 0 bridgehead atoms. The van der Waals surface area contributed by atoms with Crippen LogP contribution in [0.5, 0.6) is 0 Å². The summed E-state index contributed by atoms with van der Waals surface area (Å²) in [6, 6.07) is 4.81. The lowest BCUT2D eigenvalue weighted by Gasteiger charge is -2.36. The third-order valence-corrected chi connectivity index (χ3v) is 5.69. The fourth-order valence-electron chi connectivity index (χ4n) is 2.92. The Morgan fingerprint density at radius 2 is 2.00 bits per heavy atom. The largest absolute Gasteiger partial charge is 0.480 e. The average molecular weight is 424 g/mol. The molecule has 1 fully saturated rings. The van der Waals surface area contributed by atoms with Crippen molar-refractivity contribution in [3.05, 3.63) is 35.2 Å². The van der Waals surface area contributed by atoms with Gasteiger partial charge in [-0.2, -0.15) is 4.80 Å². The number of benzene rings is 1. The maximum absolute atomic E-state index is 13.7. The molecular formula is C16H15ClFN7O2S. The minimum Gasteiger partial charge on any atom is -0.480 e. The highest BCUT2D eigenvalue weighted by atomic mass is 35.5. The number of aromatic nitrogens is 5. The minimum atomic E-state index is -1.04. The first-order chi connectivity index (χ1) is 13.5. The third kappa shape index (κ3) is 3.76. The van der Waals surface area contributed by atoms with Crippen LogP contribution in [0.3, 0.4) is 0 Å². The van der Waals surface area contributed by atoms with Gasteiger partial charge in [-0.3, -0.25) is 4.79 Å². The molecule has 3 heterocycles. The average Bonchev–Trinajstić information content (AvgIpc) is 3.33. The Balaban J connectivity index is 1.42. The normalized spacial score (nSPS) is 14.5. The van der Waals surface area contributed by atoms with Crippen molar-refractivity contribution in [2.75, 3.05) is 36.0 Å². The number of thiazole rings is 1. The van der Waals surface area contributed by atoms with Crippen molar-refractivity contribution in [3.63, 3.8) is 0 Å². The van der Waals surface area contributed by atoms with Gasteiger partial charge in [0.05, 0.1) is 21.8 Å². The molecule has 1 aliphatic rings. The molecule has 0 unspecified atom stereocenters. The Bertz CT molecular complexity index is 1000. The molecule has 0 radical (unpaired) electrons. The Kier molecular flexibility index (Phi) is 5.09. The molecule has 4 rings (SSSR count). The van der Waals surface area contributed by atoms with Crippen LogP contribution in [-0.4, -0.2) is 62.4 Å². The van der Waals surface area contributed by atoms with Crippen LogP contribution in [0.4, 0.5) is 15.2 Å². The number of carboxylic acids is 1. The highest BCUT2D eigenvalue weighted by Gasteiger charge is 2.23. The second-order valence-corrected chi connectivity index (χ2v) is 7.48. The number of rotatable bonds is 5. The van der Waals surface area contributed by atoms with E-state index in [4.69, 9.17) is 16.7 Å². The molecule has 0 amide bonds. The Labute approximate surface area is 168 Å². The summed E-state index contributed by atoms with van der Waals surface area (Å²) >= 11 is 7.50. The lowest BCUT2D eigenvalue weighted by molar-refractivity contribution is -0.138. The van der Waals surface area contributed by atoms with Gasteiger partial charge in [-0.05, 0) is 17.3 Å². The number of halogens is 2. The van der Waals surface area contributed by atoms with Crippen LogP contribution in [0.2, 0.25) is 5.02 Å². The molecule has 0 aliphatic carbocycles. The second kappa shape index (κ2) is 7.68. The molecule has 9 nitrogen and oxygen atoms in total. The van der Waals surface area contributed by atoms with E-state index < -0.39 is 11.8 Å². The summed E-state index contributed by atoms with van der Waals surface area (Å²) in [5, 5.41) is 21.4. The van der Waals surface area contributed by atoms with E-state index in [1.165, 1.54) is 17.4 Å². The van der Waals surface area contributed by atoms with Crippen LogP contribution in [0.15, 0.2) is 24.4 Å². The molecule has 0 saturated carbocycles. The zero-order valence-corrected chi connectivity index (χ0v) is 16.1. The topological polar surface area (TPSA) is 100 Å². The van der Waals surface area contributed by atoms with E-state index in [9.17, 15) is 9.18 Å². The van der Waals surface area contributed by atoms with Gasteiger partial charge in [-0.15, -0.1) is 10.2 Å². The smallest absolute Gasteiger partial charge is 0.327 e. The van der Waals surface area contributed by atoms with Gasteiger partial charge in [-0.1, -0.05) is 29.0 Å². The minimum absolute atomic E-state index is 0.142. The first-order valence-electron chi connectivity index (χ1n) is 8.41. The third-order valence-electron chi connectivity index (χ3n) is 4.27. The number of tetrazole rings is 1. The molecule has 1 aliphatic heterocycles. The van der Waals surface area contributed by atoms with Crippen molar-refractivity contribution in [1.29, 1.82) is 0 Å². The number of piperazine rings is 1. The van der Waals surface area contributed by atoms with Crippen molar-refractivity contribution < 1.29 is 14.3 Å². The molecule has 1 saturated heterocycles. The summed E-state index contributed by atoms with van der Waals surface area (Å²) < 4.78 is 13.7. The van der Waals surface area contributed by atoms with E-state index in [1.54, 1.807) is 12.3 Å².